The van der Waals surface area contributed by atoms with Gasteiger partial charge < -0.3 is 14.4 Å². The Hall–Kier alpha value is -1.99. The van der Waals surface area contributed by atoms with Gasteiger partial charge in [-0.05, 0) is 31.9 Å². The summed E-state index contributed by atoms with van der Waals surface area (Å²) in [6.45, 7) is 7.14. The van der Waals surface area contributed by atoms with Crippen LogP contribution >= 0.6 is 0 Å². The summed E-state index contributed by atoms with van der Waals surface area (Å²) >= 11 is 0. The van der Waals surface area contributed by atoms with E-state index < -0.39 is 5.79 Å². The van der Waals surface area contributed by atoms with Crippen LogP contribution in [0.15, 0.2) is 6.07 Å². The van der Waals surface area contributed by atoms with Gasteiger partial charge in [0.1, 0.15) is 0 Å². The summed E-state index contributed by atoms with van der Waals surface area (Å²) in [5.74, 6) is -1.17. The largest absolute Gasteiger partial charge is 0.369 e. The fourth-order valence-corrected chi connectivity index (χ4v) is 4.34. The van der Waals surface area contributed by atoms with E-state index in [2.05, 4.69) is 17.1 Å². The number of imide groups is 1. The average molecular weight is 359 g/mol. The van der Waals surface area contributed by atoms with Gasteiger partial charge in [0.15, 0.2) is 5.79 Å². The Morgan fingerprint density at radius 3 is 2.50 bits per heavy atom. The van der Waals surface area contributed by atoms with Crippen molar-refractivity contribution in [2.24, 2.45) is 0 Å². The maximum absolute atomic E-state index is 12.1. The summed E-state index contributed by atoms with van der Waals surface area (Å²) in [5.41, 5.74) is 3.92. The zero-order chi connectivity index (χ0) is 18.3. The highest BCUT2D eigenvalue weighted by molar-refractivity contribution is 6.00. The third-order valence-corrected chi connectivity index (χ3v) is 5.63. The highest BCUT2D eigenvalue weighted by atomic mass is 16.7. The van der Waals surface area contributed by atoms with Crippen molar-refractivity contribution in [3.63, 3.8) is 0 Å². The number of rotatable bonds is 2. The number of carbonyl (C=O) groups excluding carboxylic acids is 2. The van der Waals surface area contributed by atoms with Crippen molar-refractivity contribution in [3.8, 4) is 0 Å². The van der Waals surface area contributed by atoms with Gasteiger partial charge in [-0.1, -0.05) is 0 Å². The summed E-state index contributed by atoms with van der Waals surface area (Å²) in [6.07, 6.45) is 2.59. The normalized spacial score (nSPS) is 25.6. The molecule has 0 bridgehead atoms. The molecule has 7 heteroatoms. The molecule has 26 heavy (non-hydrogen) atoms. The molecular weight excluding hydrogens is 334 g/mol. The van der Waals surface area contributed by atoms with E-state index >= 15 is 0 Å². The monoisotopic (exact) mass is 359 g/mol. The van der Waals surface area contributed by atoms with Crippen molar-refractivity contribution < 1.29 is 19.1 Å². The van der Waals surface area contributed by atoms with E-state index in [1.807, 2.05) is 13.0 Å². The molecule has 4 heterocycles. The molecule has 3 fully saturated rings. The summed E-state index contributed by atoms with van der Waals surface area (Å²) in [7, 11) is 0. The Kier molecular flexibility index (Phi) is 4.44. The molecule has 1 spiro atoms. The molecule has 1 aromatic rings. The smallest absolute Gasteiger partial charge is 0.235 e. The number of nitrogens with one attached hydrogen (secondary N) is 1. The summed E-state index contributed by atoms with van der Waals surface area (Å²) in [5, 5.41) is 2.42. The first-order valence-corrected chi connectivity index (χ1v) is 9.32. The van der Waals surface area contributed by atoms with Crippen LogP contribution in [0.25, 0.3) is 0 Å². The number of carbonyl (C=O) groups is 2. The van der Waals surface area contributed by atoms with E-state index in [1.165, 1.54) is 0 Å². The van der Waals surface area contributed by atoms with Crippen molar-refractivity contribution in [2.75, 3.05) is 31.2 Å². The molecular formula is C19H25N3O4. The van der Waals surface area contributed by atoms with Crippen LogP contribution in [-0.4, -0.2) is 48.9 Å². The molecule has 3 aliphatic rings. The second-order valence-corrected chi connectivity index (χ2v) is 7.40. The van der Waals surface area contributed by atoms with Gasteiger partial charge in [-0.2, -0.15) is 0 Å². The van der Waals surface area contributed by atoms with E-state index in [9.17, 15) is 9.59 Å². The summed E-state index contributed by atoms with van der Waals surface area (Å²) in [6, 6.07) is 2.00. The molecule has 1 atom stereocenters. The van der Waals surface area contributed by atoms with E-state index in [0.717, 1.165) is 48.6 Å². The maximum atomic E-state index is 12.1. The van der Waals surface area contributed by atoms with Gasteiger partial charge in [0, 0.05) is 32.4 Å². The van der Waals surface area contributed by atoms with Gasteiger partial charge in [-0.15, -0.1) is 0 Å². The topological polar surface area (TPSA) is 80.8 Å². The first-order valence-electron chi connectivity index (χ1n) is 9.32. The number of hydrogen-bond acceptors (Lipinski definition) is 6. The van der Waals surface area contributed by atoms with E-state index in [1.54, 1.807) is 0 Å². The van der Waals surface area contributed by atoms with Crippen molar-refractivity contribution in [3.05, 3.63) is 23.0 Å². The van der Waals surface area contributed by atoms with Crippen LogP contribution in [0.2, 0.25) is 0 Å². The molecule has 1 N–H and O–H groups in total. The van der Waals surface area contributed by atoms with Gasteiger partial charge >= 0.3 is 0 Å². The van der Waals surface area contributed by atoms with E-state index in [0.29, 0.717) is 26.1 Å². The molecule has 4 rings (SSSR count). The molecule has 1 aromatic heterocycles. The first-order chi connectivity index (χ1) is 12.5. The van der Waals surface area contributed by atoms with Gasteiger partial charge in [-0.25, -0.2) is 0 Å². The quantitative estimate of drug-likeness (QED) is 0.807. The predicted octanol–water partition coefficient (Wildman–Crippen LogP) is 1.56. The van der Waals surface area contributed by atoms with E-state index in [-0.39, 0.29) is 17.7 Å². The number of amides is 2. The lowest BCUT2D eigenvalue weighted by molar-refractivity contribution is -0.169. The molecule has 140 valence electrons. The van der Waals surface area contributed by atoms with Gasteiger partial charge in [0.2, 0.25) is 11.8 Å². The van der Waals surface area contributed by atoms with Crippen LogP contribution in [0.4, 0.5) is 5.69 Å². The lowest BCUT2D eigenvalue weighted by Gasteiger charge is -2.39. The number of nitrogens with zero attached hydrogens (tertiary/aromatic N) is 2. The van der Waals surface area contributed by atoms with Gasteiger partial charge in [-0.3, -0.25) is 19.9 Å². The molecule has 0 saturated carbocycles. The third-order valence-electron chi connectivity index (χ3n) is 5.63. The Morgan fingerprint density at radius 1 is 1.19 bits per heavy atom. The van der Waals surface area contributed by atoms with Crippen LogP contribution in [0.3, 0.4) is 0 Å². The fourth-order valence-electron chi connectivity index (χ4n) is 4.34. The van der Waals surface area contributed by atoms with Crippen LogP contribution in [0.1, 0.15) is 48.6 Å². The molecule has 1 unspecified atom stereocenters. The van der Waals surface area contributed by atoms with Crippen molar-refractivity contribution in [1.82, 2.24) is 10.3 Å². The second-order valence-electron chi connectivity index (χ2n) is 7.40. The zero-order valence-electron chi connectivity index (χ0n) is 15.3. The van der Waals surface area contributed by atoms with Crippen LogP contribution < -0.4 is 10.2 Å². The highest BCUT2D eigenvalue weighted by Crippen LogP contribution is 2.36. The molecule has 0 radical (unpaired) electrons. The highest BCUT2D eigenvalue weighted by Gasteiger charge is 2.40. The Bertz CT molecular complexity index is 709. The van der Waals surface area contributed by atoms with Crippen molar-refractivity contribution in [2.45, 2.75) is 51.2 Å². The summed E-state index contributed by atoms with van der Waals surface area (Å²) in [4.78, 5) is 30.6. The number of aromatic nitrogens is 1. The number of ether oxygens (including phenoxy) is 2. The maximum Gasteiger partial charge on any atom is 0.235 e. The Morgan fingerprint density at radius 2 is 1.88 bits per heavy atom. The lowest BCUT2D eigenvalue weighted by Crippen LogP contribution is -2.45. The molecule has 3 saturated heterocycles. The minimum atomic E-state index is -0.390. The molecule has 2 amide bonds. The lowest BCUT2D eigenvalue weighted by atomic mass is 9.92. The minimum absolute atomic E-state index is 0.199. The summed E-state index contributed by atoms with van der Waals surface area (Å²) < 4.78 is 11.6. The standard InChI is InChI=1S/C19H25N3O4/c1-12-11-15(14-3-4-16(23)21-18(14)24)20-13(2)17(12)22-7-5-19(6-8-22)25-9-10-26-19/h11,14H,3-10H2,1-2H3,(H,21,23,24). The zero-order valence-corrected chi connectivity index (χ0v) is 15.3. The average Bonchev–Trinajstić information content (AvgIpc) is 3.04. The van der Waals surface area contributed by atoms with E-state index in [4.69, 9.17) is 14.5 Å². The minimum Gasteiger partial charge on any atom is -0.369 e. The SMILES string of the molecule is Cc1cc(C2CCC(=O)NC2=O)nc(C)c1N1CCC2(CC1)OCCO2. The number of anilines is 1. The van der Waals surface area contributed by atoms with Gasteiger partial charge in [0.25, 0.3) is 0 Å². The van der Waals surface area contributed by atoms with Crippen LogP contribution in [0.5, 0.6) is 0 Å². The van der Waals surface area contributed by atoms with Crippen LogP contribution in [-0.2, 0) is 19.1 Å². The number of piperidine rings is 2. The number of pyridine rings is 1. The first kappa shape index (κ1) is 17.4. The van der Waals surface area contributed by atoms with Gasteiger partial charge in [0.05, 0.1) is 36.2 Å². The molecule has 0 aromatic carbocycles. The number of hydrogen-bond donors (Lipinski definition) is 1. The van der Waals surface area contributed by atoms with Crippen molar-refractivity contribution in [1.29, 1.82) is 0 Å². The molecule has 7 nitrogen and oxygen atoms in total. The second kappa shape index (κ2) is 6.63. The fraction of sp³-hybridized carbons (Fsp3) is 0.632. The predicted molar refractivity (Wildman–Crippen MR) is 94.9 cm³/mol. The Labute approximate surface area is 153 Å². The molecule has 3 aliphatic heterocycles. The Balaban J connectivity index is 1.53. The third kappa shape index (κ3) is 3.10. The van der Waals surface area contributed by atoms with Crippen molar-refractivity contribution >= 4 is 17.5 Å². The van der Waals surface area contributed by atoms with Crippen LogP contribution in [0, 0.1) is 13.8 Å². The molecule has 0 aliphatic carbocycles. The number of aryl methyl sites for hydroxylation is 2.